The number of ether oxygens (including phenoxy) is 2. The summed E-state index contributed by atoms with van der Waals surface area (Å²) in [4.78, 5) is 0. The van der Waals surface area contributed by atoms with Crippen LogP contribution in [0.15, 0.2) is 0 Å². The van der Waals surface area contributed by atoms with E-state index in [1.165, 1.54) is 38.5 Å². The molecule has 3 atom stereocenters. The van der Waals surface area contributed by atoms with E-state index in [0.29, 0.717) is 18.1 Å². The van der Waals surface area contributed by atoms with Crippen LogP contribution in [-0.2, 0) is 9.47 Å². The molecular weight excluding hydrogens is 226 g/mol. The minimum absolute atomic E-state index is 0.381. The number of likely N-dealkylation sites (N-methyl/N-ethyl adjacent to an activating group) is 1. The fourth-order valence-electron chi connectivity index (χ4n) is 3.69. The topological polar surface area (TPSA) is 30.5 Å². The molecule has 1 aliphatic heterocycles. The molecular formula is C15H29NO2. The lowest BCUT2D eigenvalue weighted by molar-refractivity contribution is -0.0303. The lowest BCUT2D eigenvalue weighted by Crippen LogP contribution is -2.49. The van der Waals surface area contributed by atoms with Gasteiger partial charge >= 0.3 is 0 Å². The van der Waals surface area contributed by atoms with Crippen LogP contribution in [0.4, 0.5) is 0 Å². The van der Waals surface area contributed by atoms with Crippen molar-refractivity contribution in [1.82, 2.24) is 5.32 Å². The molecule has 0 aromatic rings. The van der Waals surface area contributed by atoms with Gasteiger partial charge < -0.3 is 14.8 Å². The second-order valence-corrected chi connectivity index (χ2v) is 5.76. The molecule has 0 amide bonds. The van der Waals surface area contributed by atoms with Crippen LogP contribution < -0.4 is 5.32 Å². The molecule has 3 nitrogen and oxygen atoms in total. The van der Waals surface area contributed by atoms with Crippen molar-refractivity contribution in [2.75, 3.05) is 26.9 Å². The predicted octanol–water partition coefficient (Wildman–Crippen LogP) is 2.60. The van der Waals surface area contributed by atoms with Crippen LogP contribution in [0.3, 0.4) is 0 Å². The molecule has 2 rings (SSSR count). The average molecular weight is 255 g/mol. The maximum absolute atomic E-state index is 6.13. The van der Waals surface area contributed by atoms with Crippen LogP contribution in [0.1, 0.15) is 45.4 Å². The Morgan fingerprint density at radius 2 is 1.94 bits per heavy atom. The van der Waals surface area contributed by atoms with E-state index in [4.69, 9.17) is 9.47 Å². The van der Waals surface area contributed by atoms with Gasteiger partial charge in [0.2, 0.25) is 0 Å². The first kappa shape index (κ1) is 14.3. The molecule has 0 bridgehead atoms. The van der Waals surface area contributed by atoms with Crippen molar-refractivity contribution < 1.29 is 9.47 Å². The van der Waals surface area contributed by atoms with Crippen LogP contribution >= 0.6 is 0 Å². The summed E-state index contributed by atoms with van der Waals surface area (Å²) in [5.41, 5.74) is 0. The molecule has 3 unspecified atom stereocenters. The van der Waals surface area contributed by atoms with Crippen LogP contribution in [0.2, 0.25) is 0 Å². The lowest BCUT2D eigenvalue weighted by Gasteiger charge is -2.37. The fraction of sp³-hybridized carbons (Fsp3) is 1.00. The van der Waals surface area contributed by atoms with Gasteiger partial charge in [0.05, 0.1) is 12.7 Å². The smallest absolute Gasteiger partial charge is 0.0759 e. The minimum Gasteiger partial charge on any atom is -0.381 e. The second-order valence-electron chi connectivity index (χ2n) is 5.76. The Morgan fingerprint density at radius 1 is 1.17 bits per heavy atom. The zero-order valence-corrected chi connectivity index (χ0v) is 12.0. The molecule has 3 heteroatoms. The maximum Gasteiger partial charge on any atom is 0.0759 e. The minimum atomic E-state index is 0.381. The fourth-order valence-corrected chi connectivity index (χ4v) is 3.69. The van der Waals surface area contributed by atoms with Crippen molar-refractivity contribution in [1.29, 1.82) is 0 Å². The highest BCUT2D eigenvalue weighted by Gasteiger charge is 2.36. The molecule has 1 saturated carbocycles. The van der Waals surface area contributed by atoms with Gasteiger partial charge in [-0.3, -0.25) is 0 Å². The summed E-state index contributed by atoms with van der Waals surface area (Å²) in [5.74, 6) is 1.38. The highest BCUT2D eigenvalue weighted by atomic mass is 16.5. The highest BCUT2D eigenvalue weighted by Crippen LogP contribution is 2.32. The molecule has 1 saturated heterocycles. The second kappa shape index (κ2) is 7.46. The zero-order valence-electron chi connectivity index (χ0n) is 12.0. The summed E-state index contributed by atoms with van der Waals surface area (Å²) in [6, 6.07) is 0.468. The Morgan fingerprint density at radius 3 is 2.50 bits per heavy atom. The summed E-state index contributed by atoms with van der Waals surface area (Å²) in [6.07, 6.45) is 8.42. The van der Waals surface area contributed by atoms with Gasteiger partial charge in [-0.05, 0) is 39.2 Å². The monoisotopic (exact) mass is 255 g/mol. The molecule has 1 aliphatic carbocycles. The van der Waals surface area contributed by atoms with Crippen LogP contribution in [0.25, 0.3) is 0 Å². The van der Waals surface area contributed by atoms with Crippen molar-refractivity contribution in [3.63, 3.8) is 0 Å². The van der Waals surface area contributed by atoms with E-state index in [-0.39, 0.29) is 0 Å². The van der Waals surface area contributed by atoms with Crippen molar-refractivity contribution in [3.8, 4) is 0 Å². The first-order valence-corrected chi connectivity index (χ1v) is 7.73. The van der Waals surface area contributed by atoms with Gasteiger partial charge in [0.1, 0.15) is 0 Å². The highest BCUT2D eigenvalue weighted by molar-refractivity contribution is 4.90. The molecule has 1 heterocycles. The summed E-state index contributed by atoms with van der Waals surface area (Å²) in [6.45, 7) is 4.77. The number of hydrogen-bond donors (Lipinski definition) is 1. The third-order valence-corrected chi connectivity index (χ3v) is 4.63. The number of rotatable bonds is 6. The van der Waals surface area contributed by atoms with Gasteiger partial charge in [0, 0.05) is 25.2 Å². The molecule has 0 aromatic carbocycles. The Hall–Kier alpha value is -0.120. The van der Waals surface area contributed by atoms with Gasteiger partial charge in [0.25, 0.3) is 0 Å². The van der Waals surface area contributed by atoms with Crippen molar-refractivity contribution in [3.05, 3.63) is 0 Å². The molecule has 0 aromatic heterocycles. The normalized spacial score (nSPS) is 29.3. The van der Waals surface area contributed by atoms with Gasteiger partial charge in [-0.25, -0.2) is 0 Å². The molecule has 1 N–H and O–H groups in total. The first-order chi connectivity index (χ1) is 8.86. The summed E-state index contributed by atoms with van der Waals surface area (Å²) < 4.78 is 11.7. The Kier molecular flexibility index (Phi) is 5.93. The van der Waals surface area contributed by atoms with Gasteiger partial charge in [0.15, 0.2) is 0 Å². The van der Waals surface area contributed by atoms with E-state index in [9.17, 15) is 0 Å². The molecule has 2 fully saturated rings. The largest absolute Gasteiger partial charge is 0.381 e. The van der Waals surface area contributed by atoms with Crippen molar-refractivity contribution >= 4 is 0 Å². The summed E-state index contributed by atoms with van der Waals surface area (Å²) >= 11 is 0. The maximum atomic E-state index is 6.13. The van der Waals surface area contributed by atoms with Crippen molar-refractivity contribution in [2.24, 2.45) is 11.8 Å². The number of hydrogen-bond acceptors (Lipinski definition) is 3. The van der Waals surface area contributed by atoms with E-state index >= 15 is 0 Å². The first-order valence-electron chi connectivity index (χ1n) is 7.73. The SMILES string of the molecule is CCOC(C1CCCCC1)C(NC)C1CCOC1. The van der Waals surface area contributed by atoms with Gasteiger partial charge in [-0.15, -0.1) is 0 Å². The van der Waals surface area contributed by atoms with E-state index < -0.39 is 0 Å². The average Bonchev–Trinajstić information content (AvgIpc) is 2.94. The molecule has 0 radical (unpaired) electrons. The van der Waals surface area contributed by atoms with Crippen LogP contribution in [-0.4, -0.2) is 39.0 Å². The Labute approximate surface area is 112 Å². The Balaban J connectivity index is 2.00. The third kappa shape index (κ3) is 3.46. The van der Waals surface area contributed by atoms with E-state index in [0.717, 1.165) is 25.7 Å². The zero-order chi connectivity index (χ0) is 12.8. The summed E-state index contributed by atoms with van der Waals surface area (Å²) in [5, 5.41) is 3.52. The summed E-state index contributed by atoms with van der Waals surface area (Å²) in [7, 11) is 2.08. The quantitative estimate of drug-likeness (QED) is 0.791. The van der Waals surface area contributed by atoms with Gasteiger partial charge in [-0.2, -0.15) is 0 Å². The van der Waals surface area contributed by atoms with Crippen molar-refractivity contribution in [2.45, 2.75) is 57.6 Å². The number of nitrogens with one attached hydrogen (secondary N) is 1. The Bertz CT molecular complexity index is 223. The third-order valence-electron chi connectivity index (χ3n) is 4.63. The van der Waals surface area contributed by atoms with E-state index in [1.54, 1.807) is 0 Å². The van der Waals surface area contributed by atoms with Gasteiger partial charge in [-0.1, -0.05) is 19.3 Å². The molecule has 18 heavy (non-hydrogen) atoms. The lowest BCUT2D eigenvalue weighted by atomic mass is 9.79. The van der Waals surface area contributed by atoms with Crippen LogP contribution in [0.5, 0.6) is 0 Å². The molecule has 2 aliphatic rings. The van der Waals surface area contributed by atoms with Crippen LogP contribution in [0, 0.1) is 11.8 Å². The molecule has 0 spiro atoms. The van der Waals surface area contributed by atoms with E-state index in [2.05, 4.69) is 19.3 Å². The standard InChI is InChI=1S/C15H29NO2/c1-3-18-15(12-7-5-4-6-8-12)14(16-2)13-9-10-17-11-13/h12-16H,3-11H2,1-2H3. The molecule has 106 valence electrons. The predicted molar refractivity (Wildman–Crippen MR) is 73.8 cm³/mol. The van der Waals surface area contributed by atoms with E-state index in [1.807, 2.05) is 0 Å².